The highest BCUT2D eigenvalue weighted by Crippen LogP contribution is 2.06. The lowest BCUT2D eigenvalue weighted by atomic mass is 10.3. The first-order valence-corrected chi connectivity index (χ1v) is 3.67. The fourth-order valence-electron chi connectivity index (χ4n) is 1.12. The first-order valence-electron chi connectivity index (χ1n) is 3.67. The summed E-state index contributed by atoms with van der Waals surface area (Å²) >= 11 is 0. The molecule has 1 aromatic rings. The first-order chi connectivity index (χ1) is 5.88. The fraction of sp³-hybridized carbons (Fsp3) is 0.286. The fourth-order valence-corrected chi connectivity index (χ4v) is 1.12. The van der Waals surface area contributed by atoms with Crippen LogP contribution < -0.4 is 16.2 Å². The van der Waals surface area contributed by atoms with Crippen molar-refractivity contribution in [3.05, 3.63) is 28.4 Å². The van der Waals surface area contributed by atoms with Crippen molar-refractivity contribution in [3.63, 3.8) is 0 Å². The van der Waals surface area contributed by atoms with Crippen molar-refractivity contribution in [2.75, 3.05) is 12.0 Å². The molecule has 0 atom stereocenters. The van der Waals surface area contributed by atoms with Crippen molar-refractivity contribution in [1.29, 1.82) is 0 Å². The van der Waals surface area contributed by atoms with Crippen LogP contribution in [0, 0.1) is 0 Å². The standard InChI is InChI=1S/C7H8N4O/c12-7-6-5(3-8-4-11-6)9-1-2-10-7/h1-2,8,11H,3-4H2. The first kappa shape index (κ1) is 7.17. The van der Waals surface area contributed by atoms with Gasteiger partial charge in [-0.15, -0.1) is 0 Å². The minimum Gasteiger partial charge on any atom is -0.366 e. The molecule has 2 heterocycles. The van der Waals surface area contributed by atoms with Gasteiger partial charge in [-0.2, -0.15) is 0 Å². The Hall–Kier alpha value is -1.49. The Labute approximate surface area is 68.9 Å². The maximum absolute atomic E-state index is 11.2. The van der Waals surface area contributed by atoms with Crippen LogP contribution in [0.2, 0.25) is 0 Å². The van der Waals surface area contributed by atoms with Crippen LogP contribution in [0.4, 0.5) is 5.69 Å². The van der Waals surface area contributed by atoms with Gasteiger partial charge in [0.1, 0.15) is 5.69 Å². The summed E-state index contributed by atoms with van der Waals surface area (Å²) in [6, 6.07) is 0. The number of hydrogen-bond donors (Lipinski definition) is 2. The zero-order chi connectivity index (χ0) is 8.39. The Balaban J connectivity index is 2.65. The van der Waals surface area contributed by atoms with Crippen molar-refractivity contribution in [2.24, 2.45) is 0 Å². The molecule has 2 rings (SSSR count). The third kappa shape index (κ3) is 1.14. The number of hydrogen-bond acceptors (Lipinski definition) is 5. The highest BCUT2D eigenvalue weighted by atomic mass is 16.1. The van der Waals surface area contributed by atoms with Crippen LogP contribution >= 0.6 is 0 Å². The Morgan fingerprint density at radius 2 is 2.17 bits per heavy atom. The van der Waals surface area contributed by atoms with Gasteiger partial charge in [0.05, 0.1) is 12.4 Å². The molecule has 0 aromatic carbocycles. The molecule has 0 unspecified atom stereocenters. The summed E-state index contributed by atoms with van der Waals surface area (Å²) in [5, 5.41) is 5.94. The van der Waals surface area contributed by atoms with E-state index in [9.17, 15) is 4.79 Å². The number of fused-ring (bicyclic) bond motifs is 1. The number of aromatic nitrogens is 2. The lowest BCUT2D eigenvalue weighted by Gasteiger charge is -2.14. The minimum absolute atomic E-state index is 0.246. The molecule has 0 saturated carbocycles. The van der Waals surface area contributed by atoms with E-state index >= 15 is 0 Å². The number of rotatable bonds is 0. The molecule has 0 amide bonds. The lowest BCUT2D eigenvalue weighted by molar-refractivity contribution is 0.691. The van der Waals surface area contributed by atoms with Crippen molar-refractivity contribution < 1.29 is 0 Å². The van der Waals surface area contributed by atoms with E-state index in [-0.39, 0.29) is 5.56 Å². The van der Waals surface area contributed by atoms with Crippen LogP contribution in [0.3, 0.4) is 0 Å². The molecule has 2 N–H and O–H groups in total. The van der Waals surface area contributed by atoms with Crippen molar-refractivity contribution >= 4 is 5.69 Å². The second-order valence-corrected chi connectivity index (χ2v) is 2.46. The van der Waals surface area contributed by atoms with E-state index in [2.05, 4.69) is 20.6 Å². The topological polar surface area (TPSA) is 66.9 Å². The zero-order valence-electron chi connectivity index (χ0n) is 6.37. The molecular formula is C7H8N4O. The molecule has 5 nitrogen and oxygen atoms in total. The summed E-state index contributed by atoms with van der Waals surface area (Å²) < 4.78 is 0. The van der Waals surface area contributed by atoms with E-state index in [1.165, 1.54) is 12.4 Å². The van der Waals surface area contributed by atoms with Crippen molar-refractivity contribution in [3.8, 4) is 0 Å². The van der Waals surface area contributed by atoms with Gasteiger partial charge < -0.3 is 5.32 Å². The molecule has 0 saturated heterocycles. The minimum atomic E-state index is -0.246. The normalized spacial score (nSPS) is 14.7. The molecule has 0 spiro atoms. The molecule has 1 aromatic heterocycles. The summed E-state index contributed by atoms with van der Waals surface area (Å²) in [4.78, 5) is 18.9. The lowest BCUT2D eigenvalue weighted by Crippen LogP contribution is -2.31. The Morgan fingerprint density at radius 1 is 1.33 bits per heavy atom. The summed E-state index contributed by atoms with van der Waals surface area (Å²) in [5.41, 5.74) is 0.992. The molecule has 1 aliphatic rings. The van der Waals surface area contributed by atoms with E-state index in [1.807, 2.05) is 0 Å². The quantitative estimate of drug-likeness (QED) is 0.531. The van der Waals surface area contributed by atoms with Gasteiger partial charge in [0.15, 0.2) is 0 Å². The van der Waals surface area contributed by atoms with E-state index in [0.717, 1.165) is 5.69 Å². The van der Waals surface area contributed by atoms with Crippen LogP contribution in [-0.2, 0) is 6.54 Å². The number of nitrogens with zero attached hydrogens (tertiary/aromatic N) is 2. The smallest absolute Gasteiger partial charge is 0.295 e. The van der Waals surface area contributed by atoms with E-state index in [0.29, 0.717) is 18.9 Å². The predicted molar refractivity (Wildman–Crippen MR) is 43.6 cm³/mol. The molecule has 62 valence electrons. The molecule has 0 aliphatic carbocycles. The van der Waals surface area contributed by atoms with Gasteiger partial charge in [0.25, 0.3) is 5.56 Å². The van der Waals surface area contributed by atoms with Gasteiger partial charge >= 0.3 is 0 Å². The molecule has 0 bridgehead atoms. The highest BCUT2D eigenvalue weighted by molar-refractivity contribution is 5.46. The maximum Gasteiger partial charge on any atom is 0.295 e. The van der Waals surface area contributed by atoms with Crippen LogP contribution in [0.1, 0.15) is 5.69 Å². The largest absolute Gasteiger partial charge is 0.366 e. The van der Waals surface area contributed by atoms with Gasteiger partial charge in [-0.1, -0.05) is 0 Å². The highest BCUT2D eigenvalue weighted by Gasteiger charge is 2.10. The monoisotopic (exact) mass is 164 g/mol. The Kier molecular flexibility index (Phi) is 1.71. The number of anilines is 1. The van der Waals surface area contributed by atoms with Crippen LogP contribution in [-0.4, -0.2) is 16.6 Å². The molecular weight excluding hydrogens is 156 g/mol. The number of nitrogens with one attached hydrogen (secondary N) is 2. The van der Waals surface area contributed by atoms with Crippen LogP contribution in [0.15, 0.2) is 17.2 Å². The van der Waals surface area contributed by atoms with Gasteiger partial charge in [0, 0.05) is 18.9 Å². The SMILES string of the molecule is O=c1nccnc2c1NCNC2. The summed E-state index contributed by atoms with van der Waals surface area (Å²) in [7, 11) is 0. The molecule has 0 radical (unpaired) electrons. The van der Waals surface area contributed by atoms with Gasteiger partial charge in [0.2, 0.25) is 0 Å². The van der Waals surface area contributed by atoms with E-state index < -0.39 is 0 Å². The summed E-state index contributed by atoms with van der Waals surface area (Å²) in [6.07, 6.45) is 2.93. The second-order valence-electron chi connectivity index (χ2n) is 2.46. The van der Waals surface area contributed by atoms with E-state index in [4.69, 9.17) is 0 Å². The van der Waals surface area contributed by atoms with Crippen molar-refractivity contribution in [2.45, 2.75) is 6.54 Å². The predicted octanol–water partition coefficient (Wildman–Crippen LogP) is -0.691. The van der Waals surface area contributed by atoms with Gasteiger partial charge in [-0.25, -0.2) is 4.98 Å². The average molecular weight is 164 g/mol. The molecule has 1 aliphatic heterocycles. The zero-order valence-corrected chi connectivity index (χ0v) is 6.37. The average Bonchev–Trinajstić information content (AvgIpc) is 2.29. The van der Waals surface area contributed by atoms with Crippen molar-refractivity contribution in [1.82, 2.24) is 15.3 Å². The van der Waals surface area contributed by atoms with Crippen LogP contribution in [0.5, 0.6) is 0 Å². The Morgan fingerprint density at radius 3 is 3.08 bits per heavy atom. The van der Waals surface area contributed by atoms with Crippen LogP contribution in [0.25, 0.3) is 0 Å². The third-order valence-corrected chi connectivity index (χ3v) is 1.67. The molecule has 0 fully saturated rings. The third-order valence-electron chi connectivity index (χ3n) is 1.67. The summed E-state index contributed by atoms with van der Waals surface area (Å²) in [5.74, 6) is 0. The second kappa shape index (κ2) is 2.86. The molecule has 12 heavy (non-hydrogen) atoms. The maximum atomic E-state index is 11.2. The molecule has 5 heteroatoms. The van der Waals surface area contributed by atoms with Gasteiger partial charge in [-0.3, -0.25) is 15.1 Å². The summed E-state index contributed by atoms with van der Waals surface area (Å²) in [6.45, 7) is 1.21. The van der Waals surface area contributed by atoms with Gasteiger partial charge in [-0.05, 0) is 0 Å². The van der Waals surface area contributed by atoms with E-state index in [1.54, 1.807) is 0 Å². The Bertz CT molecular complexity index is 352.